The summed E-state index contributed by atoms with van der Waals surface area (Å²) in [5, 5.41) is 0. The van der Waals surface area contributed by atoms with Crippen molar-refractivity contribution in [2.45, 2.75) is 20.3 Å². The van der Waals surface area contributed by atoms with Crippen LogP contribution in [0.4, 0.5) is 4.79 Å². The number of nitrogens with zero attached hydrogens (tertiary/aromatic N) is 2. The third kappa shape index (κ3) is 2.35. The summed E-state index contributed by atoms with van der Waals surface area (Å²) < 4.78 is 0. The van der Waals surface area contributed by atoms with Crippen molar-refractivity contribution in [3.8, 4) is 0 Å². The summed E-state index contributed by atoms with van der Waals surface area (Å²) in [6, 6.07) is -0.638. The Morgan fingerprint density at radius 3 is 2.00 bits per heavy atom. The Hall–Kier alpha value is -1.89. The van der Waals surface area contributed by atoms with E-state index in [1.807, 2.05) is 0 Å². The van der Waals surface area contributed by atoms with E-state index in [0.717, 1.165) is 9.80 Å². The first-order valence-corrected chi connectivity index (χ1v) is 5.66. The van der Waals surface area contributed by atoms with Crippen LogP contribution in [-0.2, 0) is 14.4 Å². The molecule has 18 heavy (non-hydrogen) atoms. The number of barbiturate groups is 1. The monoisotopic (exact) mass is 255 g/mol. The first-order chi connectivity index (χ1) is 8.45. The molecule has 0 aromatic carbocycles. The van der Waals surface area contributed by atoms with E-state index in [-0.39, 0.29) is 5.57 Å². The Bertz CT molecular complexity index is 391. The standard InChI is InChI=1S/C11H17N3O4/c1-5-7(12-18-6-2)8-9(15)13(3)11(17)14(4)10(8)16/h12H,5-6H2,1-4H3. The van der Waals surface area contributed by atoms with E-state index in [0.29, 0.717) is 18.7 Å². The van der Waals surface area contributed by atoms with Gasteiger partial charge in [-0.2, -0.15) is 0 Å². The number of allylic oxidation sites excluding steroid dienone is 1. The van der Waals surface area contributed by atoms with Crippen LogP contribution in [0.25, 0.3) is 0 Å². The van der Waals surface area contributed by atoms with Gasteiger partial charge in [-0.25, -0.2) is 4.79 Å². The van der Waals surface area contributed by atoms with Crippen molar-refractivity contribution < 1.29 is 19.2 Å². The topological polar surface area (TPSA) is 79.0 Å². The lowest BCUT2D eigenvalue weighted by Gasteiger charge is -2.30. The molecule has 0 spiro atoms. The number of carbonyl (C=O) groups is 3. The van der Waals surface area contributed by atoms with Crippen molar-refractivity contribution >= 4 is 17.8 Å². The molecule has 1 fully saturated rings. The lowest BCUT2D eigenvalue weighted by molar-refractivity contribution is -0.134. The third-order valence-electron chi connectivity index (χ3n) is 2.61. The number of imide groups is 2. The minimum atomic E-state index is -0.638. The number of nitrogens with one attached hydrogen (secondary N) is 1. The SMILES string of the molecule is CCONC(CC)=C1C(=O)N(C)C(=O)N(C)C1=O. The van der Waals surface area contributed by atoms with Gasteiger partial charge >= 0.3 is 6.03 Å². The summed E-state index contributed by atoms with van der Waals surface area (Å²) in [5.41, 5.74) is 2.89. The third-order valence-corrected chi connectivity index (χ3v) is 2.61. The van der Waals surface area contributed by atoms with Gasteiger partial charge in [-0.15, -0.1) is 0 Å². The van der Waals surface area contributed by atoms with E-state index in [9.17, 15) is 14.4 Å². The molecule has 7 heteroatoms. The van der Waals surface area contributed by atoms with Gasteiger partial charge in [0.2, 0.25) is 0 Å². The summed E-state index contributed by atoms with van der Waals surface area (Å²) in [6.07, 6.45) is 0.419. The maximum atomic E-state index is 12.0. The van der Waals surface area contributed by atoms with Gasteiger partial charge in [-0.05, 0) is 13.3 Å². The van der Waals surface area contributed by atoms with Gasteiger partial charge < -0.3 is 0 Å². The van der Waals surface area contributed by atoms with Crippen molar-refractivity contribution in [1.29, 1.82) is 0 Å². The molecule has 4 amide bonds. The van der Waals surface area contributed by atoms with Gasteiger partial charge in [0.05, 0.1) is 12.3 Å². The predicted molar refractivity (Wildman–Crippen MR) is 63.0 cm³/mol. The van der Waals surface area contributed by atoms with Crippen LogP contribution in [0, 0.1) is 0 Å². The molecule has 0 atom stereocenters. The van der Waals surface area contributed by atoms with Gasteiger partial charge in [0.15, 0.2) is 0 Å². The normalized spacial score (nSPS) is 16.4. The van der Waals surface area contributed by atoms with Crippen LogP contribution < -0.4 is 5.48 Å². The fourth-order valence-electron chi connectivity index (χ4n) is 1.54. The van der Waals surface area contributed by atoms with Crippen LogP contribution in [-0.4, -0.2) is 48.3 Å². The molecular weight excluding hydrogens is 238 g/mol. The summed E-state index contributed by atoms with van der Waals surface area (Å²) >= 11 is 0. The molecule has 1 heterocycles. The molecule has 0 bridgehead atoms. The molecule has 1 aliphatic rings. The fraction of sp³-hybridized carbons (Fsp3) is 0.545. The van der Waals surface area contributed by atoms with Crippen molar-refractivity contribution in [1.82, 2.24) is 15.3 Å². The fourth-order valence-corrected chi connectivity index (χ4v) is 1.54. The zero-order valence-electron chi connectivity index (χ0n) is 10.9. The smallest absolute Gasteiger partial charge is 0.277 e. The van der Waals surface area contributed by atoms with Crippen LogP contribution in [0.1, 0.15) is 20.3 Å². The summed E-state index contributed by atoms with van der Waals surface area (Å²) in [4.78, 5) is 42.3. The number of hydroxylamine groups is 1. The lowest BCUT2D eigenvalue weighted by Crippen LogP contribution is -2.54. The quantitative estimate of drug-likeness (QED) is 0.442. The molecule has 7 nitrogen and oxygen atoms in total. The van der Waals surface area contributed by atoms with E-state index in [1.165, 1.54) is 14.1 Å². The van der Waals surface area contributed by atoms with E-state index >= 15 is 0 Å². The molecule has 0 unspecified atom stereocenters. The Morgan fingerprint density at radius 2 is 1.61 bits per heavy atom. The average molecular weight is 255 g/mol. The van der Waals surface area contributed by atoms with Crippen molar-refractivity contribution in [2.24, 2.45) is 0 Å². The minimum Gasteiger partial charge on any atom is -0.277 e. The molecule has 0 aromatic heterocycles. The van der Waals surface area contributed by atoms with Crippen LogP contribution in [0.2, 0.25) is 0 Å². The summed E-state index contributed by atoms with van der Waals surface area (Å²) in [6.45, 7) is 3.95. The van der Waals surface area contributed by atoms with E-state index in [4.69, 9.17) is 4.84 Å². The van der Waals surface area contributed by atoms with Crippen molar-refractivity contribution in [3.05, 3.63) is 11.3 Å². The number of amides is 4. The van der Waals surface area contributed by atoms with Crippen LogP contribution in [0.3, 0.4) is 0 Å². The van der Waals surface area contributed by atoms with Gasteiger partial charge in [0.25, 0.3) is 11.8 Å². The van der Waals surface area contributed by atoms with E-state index in [2.05, 4.69) is 5.48 Å². The van der Waals surface area contributed by atoms with Crippen molar-refractivity contribution in [3.63, 3.8) is 0 Å². The molecule has 0 aromatic rings. The molecule has 100 valence electrons. The van der Waals surface area contributed by atoms with Gasteiger partial charge in [0.1, 0.15) is 5.57 Å². The van der Waals surface area contributed by atoms with Crippen LogP contribution in [0.15, 0.2) is 11.3 Å². The molecule has 0 aliphatic carbocycles. The number of urea groups is 1. The number of likely N-dealkylation sites (N-methyl/N-ethyl adjacent to an activating group) is 2. The number of hydrogen-bond acceptors (Lipinski definition) is 5. The second kappa shape index (κ2) is 5.63. The maximum absolute atomic E-state index is 12.0. The first-order valence-electron chi connectivity index (χ1n) is 5.66. The average Bonchev–Trinajstić information content (AvgIpc) is 2.38. The Kier molecular flexibility index (Phi) is 4.43. The molecule has 0 radical (unpaired) electrons. The minimum absolute atomic E-state index is 0.0597. The molecule has 1 saturated heterocycles. The zero-order chi connectivity index (χ0) is 13.9. The van der Waals surface area contributed by atoms with Gasteiger partial charge in [-0.3, -0.25) is 29.7 Å². The molecule has 1 rings (SSSR count). The zero-order valence-corrected chi connectivity index (χ0v) is 10.9. The van der Waals surface area contributed by atoms with Gasteiger partial charge in [0, 0.05) is 14.1 Å². The molecule has 1 N–H and O–H groups in total. The predicted octanol–water partition coefficient (Wildman–Crippen LogP) is 0.242. The Morgan fingerprint density at radius 1 is 1.11 bits per heavy atom. The highest BCUT2D eigenvalue weighted by atomic mass is 16.6. The first kappa shape index (κ1) is 14.2. The van der Waals surface area contributed by atoms with Crippen LogP contribution >= 0.6 is 0 Å². The maximum Gasteiger partial charge on any atom is 0.333 e. The van der Waals surface area contributed by atoms with E-state index in [1.54, 1.807) is 13.8 Å². The number of carbonyl (C=O) groups excluding carboxylic acids is 3. The highest BCUT2D eigenvalue weighted by Gasteiger charge is 2.39. The highest BCUT2D eigenvalue weighted by Crippen LogP contribution is 2.18. The number of rotatable bonds is 4. The second-order valence-electron chi connectivity index (χ2n) is 3.75. The van der Waals surface area contributed by atoms with Gasteiger partial charge in [-0.1, -0.05) is 6.92 Å². The second-order valence-corrected chi connectivity index (χ2v) is 3.75. The van der Waals surface area contributed by atoms with Crippen molar-refractivity contribution in [2.75, 3.05) is 20.7 Å². The molecule has 0 saturated carbocycles. The largest absolute Gasteiger partial charge is 0.333 e. The molecule has 1 aliphatic heterocycles. The van der Waals surface area contributed by atoms with E-state index < -0.39 is 17.8 Å². The summed E-state index contributed by atoms with van der Waals surface area (Å²) in [7, 11) is 2.67. The lowest BCUT2D eigenvalue weighted by atomic mass is 10.1. The highest BCUT2D eigenvalue weighted by molar-refractivity contribution is 6.28. The Labute approximate surface area is 105 Å². The molecular formula is C11H17N3O4. The van der Waals surface area contributed by atoms with Crippen LogP contribution in [0.5, 0.6) is 0 Å². The Balaban J connectivity index is 3.18. The summed E-state index contributed by atoms with van der Waals surface area (Å²) in [5.74, 6) is -1.24. The number of hydrogen-bond donors (Lipinski definition) is 1.